The van der Waals surface area contributed by atoms with Gasteiger partial charge in [0, 0.05) is 43.7 Å². The van der Waals surface area contributed by atoms with Gasteiger partial charge in [0.2, 0.25) is 5.91 Å². The lowest BCUT2D eigenvalue weighted by atomic mass is 9.98. The minimum absolute atomic E-state index is 0.0206. The number of nitrogens with zero attached hydrogens (tertiary/aromatic N) is 5. The Kier molecular flexibility index (Phi) is 5.86. The van der Waals surface area contributed by atoms with Crippen LogP contribution in [0.3, 0.4) is 0 Å². The van der Waals surface area contributed by atoms with Crippen molar-refractivity contribution in [1.82, 2.24) is 14.9 Å². The molecular weight excluding hydrogens is 414 g/mol. The van der Waals surface area contributed by atoms with Gasteiger partial charge >= 0.3 is 0 Å². The smallest absolute Gasteiger partial charge is 0.225 e. The third-order valence-corrected chi connectivity index (χ3v) is 6.95. The van der Waals surface area contributed by atoms with Gasteiger partial charge in [-0.15, -0.1) is 0 Å². The van der Waals surface area contributed by atoms with Gasteiger partial charge < -0.3 is 14.9 Å². The minimum atomic E-state index is -0.120. The zero-order valence-corrected chi connectivity index (χ0v) is 18.8. The molecule has 1 saturated heterocycles. The highest BCUT2D eigenvalue weighted by Crippen LogP contribution is 2.45. The van der Waals surface area contributed by atoms with Gasteiger partial charge in [-0.1, -0.05) is 6.58 Å². The van der Waals surface area contributed by atoms with E-state index < -0.39 is 0 Å². The predicted molar refractivity (Wildman–Crippen MR) is 126 cm³/mol. The van der Waals surface area contributed by atoms with Gasteiger partial charge in [-0.25, -0.2) is 4.98 Å². The summed E-state index contributed by atoms with van der Waals surface area (Å²) in [6, 6.07) is 8.43. The highest BCUT2D eigenvalue weighted by atomic mass is 16.3. The molecule has 2 aliphatic carbocycles. The molecule has 170 valence electrons. The van der Waals surface area contributed by atoms with Crippen LogP contribution in [-0.4, -0.2) is 58.2 Å². The van der Waals surface area contributed by atoms with Crippen molar-refractivity contribution in [2.75, 3.05) is 31.1 Å². The average Bonchev–Trinajstić information content (AvgIpc) is 3.76. The number of hydrogen-bond acceptors (Lipinski definition) is 6. The molecule has 33 heavy (non-hydrogen) atoms. The van der Waals surface area contributed by atoms with Gasteiger partial charge in [0.05, 0.1) is 29.6 Å². The molecule has 1 N–H and O–H groups in total. The highest BCUT2D eigenvalue weighted by Gasteiger charge is 2.41. The Morgan fingerprint density at radius 3 is 2.76 bits per heavy atom. The molecule has 7 heteroatoms. The summed E-state index contributed by atoms with van der Waals surface area (Å²) < 4.78 is 0. The maximum atomic E-state index is 12.6. The molecule has 0 aromatic carbocycles. The number of aliphatic hydroxyl groups is 1. The van der Waals surface area contributed by atoms with Crippen LogP contribution in [-0.2, 0) is 4.79 Å². The second kappa shape index (κ2) is 8.95. The maximum absolute atomic E-state index is 12.6. The minimum Gasteiger partial charge on any atom is -0.396 e. The zero-order valence-electron chi connectivity index (χ0n) is 18.8. The van der Waals surface area contributed by atoms with E-state index in [1.54, 1.807) is 12.3 Å². The van der Waals surface area contributed by atoms with E-state index in [9.17, 15) is 15.2 Å². The number of amides is 1. The van der Waals surface area contributed by atoms with Crippen molar-refractivity contribution < 1.29 is 9.90 Å². The number of anilines is 1. The Morgan fingerprint density at radius 1 is 1.27 bits per heavy atom. The molecule has 2 aromatic heterocycles. The Bertz CT molecular complexity index is 1120. The Balaban J connectivity index is 1.50. The Morgan fingerprint density at radius 2 is 2.09 bits per heavy atom. The number of rotatable bonds is 7. The van der Waals surface area contributed by atoms with Crippen LogP contribution in [0.2, 0.25) is 0 Å². The average molecular weight is 444 g/mol. The molecule has 0 bridgehead atoms. The fourth-order valence-electron chi connectivity index (χ4n) is 4.90. The first-order valence-corrected chi connectivity index (χ1v) is 11.8. The summed E-state index contributed by atoms with van der Waals surface area (Å²) in [5.74, 6) is 1.67. The summed E-state index contributed by atoms with van der Waals surface area (Å²) in [5, 5.41) is 19.3. The van der Waals surface area contributed by atoms with Gasteiger partial charge in [0.1, 0.15) is 11.9 Å². The number of nitriles is 1. The summed E-state index contributed by atoms with van der Waals surface area (Å²) in [6.45, 7) is 5.62. The number of piperazine rings is 1. The van der Waals surface area contributed by atoms with Crippen LogP contribution in [0.25, 0.3) is 17.2 Å². The summed E-state index contributed by atoms with van der Waals surface area (Å²) in [6.07, 6.45) is 8.14. The number of aromatic nitrogens is 2. The molecule has 1 amide bonds. The molecule has 3 heterocycles. The third kappa shape index (κ3) is 4.36. The zero-order chi connectivity index (χ0) is 22.9. The molecule has 1 atom stereocenters. The topological polar surface area (TPSA) is 93.4 Å². The van der Waals surface area contributed by atoms with Gasteiger partial charge in [-0.05, 0) is 61.4 Å². The molecule has 0 radical (unpaired) electrons. The number of carbonyl (C=O) groups is 1. The second-order valence-electron chi connectivity index (χ2n) is 9.26. The van der Waals surface area contributed by atoms with Crippen LogP contribution in [0.15, 0.2) is 31.0 Å². The SMILES string of the molecule is C=Cc1cc(-c2cc(C#N)c(N3CCN(C(=O)CCO)[C@@H](C4CC4)C3)nc2C2CC2)ccn1. The lowest BCUT2D eigenvalue weighted by Gasteiger charge is -2.42. The van der Waals surface area contributed by atoms with E-state index in [2.05, 4.69) is 22.5 Å². The fraction of sp³-hybridized carbons (Fsp3) is 0.462. The van der Waals surface area contributed by atoms with Crippen LogP contribution in [0.1, 0.15) is 55.0 Å². The maximum Gasteiger partial charge on any atom is 0.225 e. The Hall–Kier alpha value is -3.24. The lowest BCUT2D eigenvalue weighted by Crippen LogP contribution is -2.56. The van der Waals surface area contributed by atoms with Crippen LogP contribution in [0.5, 0.6) is 0 Å². The van der Waals surface area contributed by atoms with E-state index in [0.717, 1.165) is 54.0 Å². The first-order valence-electron chi connectivity index (χ1n) is 11.8. The lowest BCUT2D eigenvalue weighted by molar-refractivity contribution is -0.135. The van der Waals surface area contributed by atoms with Crippen LogP contribution in [0, 0.1) is 17.2 Å². The van der Waals surface area contributed by atoms with Crippen molar-refractivity contribution >= 4 is 17.8 Å². The third-order valence-electron chi connectivity index (χ3n) is 6.95. The van der Waals surface area contributed by atoms with Crippen LogP contribution < -0.4 is 4.90 Å². The fourth-order valence-corrected chi connectivity index (χ4v) is 4.90. The normalized spacial score (nSPS) is 20.4. The van der Waals surface area contributed by atoms with Gasteiger partial charge in [-0.3, -0.25) is 9.78 Å². The highest BCUT2D eigenvalue weighted by molar-refractivity contribution is 5.77. The van der Waals surface area contributed by atoms with Crippen LogP contribution >= 0.6 is 0 Å². The van der Waals surface area contributed by atoms with E-state index in [1.165, 1.54) is 0 Å². The van der Waals surface area contributed by atoms with E-state index in [0.29, 0.717) is 37.0 Å². The quantitative estimate of drug-likeness (QED) is 0.705. The van der Waals surface area contributed by atoms with Crippen molar-refractivity contribution in [2.24, 2.45) is 5.92 Å². The molecule has 2 saturated carbocycles. The van der Waals surface area contributed by atoms with Crippen molar-refractivity contribution in [3.63, 3.8) is 0 Å². The monoisotopic (exact) mass is 443 g/mol. The van der Waals surface area contributed by atoms with E-state index >= 15 is 0 Å². The second-order valence-corrected chi connectivity index (χ2v) is 9.26. The Labute approximate surface area is 194 Å². The first-order chi connectivity index (χ1) is 16.1. The first kappa shape index (κ1) is 21.6. The number of carbonyl (C=O) groups excluding carboxylic acids is 1. The summed E-state index contributed by atoms with van der Waals surface area (Å²) in [5.41, 5.74) is 4.42. The van der Waals surface area contributed by atoms with Crippen molar-refractivity contribution in [2.45, 2.75) is 44.1 Å². The summed E-state index contributed by atoms with van der Waals surface area (Å²) in [7, 11) is 0. The van der Waals surface area contributed by atoms with Crippen molar-refractivity contribution in [3.05, 3.63) is 47.9 Å². The van der Waals surface area contributed by atoms with Gasteiger partial charge in [0.15, 0.2) is 0 Å². The number of pyridine rings is 2. The molecule has 7 nitrogen and oxygen atoms in total. The van der Waals surface area contributed by atoms with Crippen molar-refractivity contribution in [3.8, 4) is 17.2 Å². The van der Waals surface area contributed by atoms with Crippen LogP contribution in [0.4, 0.5) is 5.82 Å². The van der Waals surface area contributed by atoms with E-state index in [1.807, 2.05) is 23.1 Å². The summed E-state index contributed by atoms with van der Waals surface area (Å²) in [4.78, 5) is 26.1. The molecule has 2 aromatic rings. The number of aliphatic hydroxyl groups excluding tert-OH is 1. The predicted octanol–water partition coefficient (Wildman–Crippen LogP) is 3.35. The largest absolute Gasteiger partial charge is 0.396 e. The molecule has 3 aliphatic rings. The molecular formula is C26H29N5O2. The number of hydrogen-bond donors (Lipinski definition) is 1. The molecule has 1 aliphatic heterocycles. The molecule has 3 fully saturated rings. The van der Waals surface area contributed by atoms with Gasteiger partial charge in [0.25, 0.3) is 0 Å². The molecule has 0 unspecified atom stereocenters. The summed E-state index contributed by atoms with van der Waals surface area (Å²) >= 11 is 0. The van der Waals surface area contributed by atoms with Crippen molar-refractivity contribution in [1.29, 1.82) is 5.26 Å². The standard InChI is InChI=1S/C26H29N5O2/c1-2-21-13-19(7-9-28-21)22-14-20(15-27)26(29-25(22)18-5-6-18)30-10-11-31(24(33)8-12-32)23(16-30)17-3-4-17/h2,7,9,13-14,17-18,23,32H,1,3-6,8,10-12,16H2/t23-/m1/s1. The molecule has 0 spiro atoms. The van der Waals surface area contributed by atoms with Gasteiger partial charge in [-0.2, -0.15) is 5.26 Å². The molecule has 5 rings (SSSR count). The van der Waals surface area contributed by atoms with E-state index in [-0.39, 0.29) is 25.0 Å². The van der Waals surface area contributed by atoms with E-state index in [4.69, 9.17) is 4.98 Å².